The van der Waals surface area contributed by atoms with Gasteiger partial charge in [0.1, 0.15) is 5.75 Å². The molecule has 3 rings (SSSR count). The molecule has 0 amide bonds. The minimum Gasteiger partial charge on any atom is -0.497 e. The van der Waals surface area contributed by atoms with E-state index in [0.29, 0.717) is 13.2 Å². The van der Waals surface area contributed by atoms with Crippen LogP contribution in [0, 0.1) is 0 Å². The number of methoxy groups -OCH3 is 1. The third-order valence-corrected chi connectivity index (χ3v) is 18.1. The molecule has 0 aromatic heterocycles. The van der Waals surface area contributed by atoms with Gasteiger partial charge in [-0.25, -0.2) is 0 Å². The van der Waals surface area contributed by atoms with Gasteiger partial charge in [-0.3, -0.25) is 0 Å². The molecule has 4 nitrogen and oxygen atoms in total. The second-order valence-corrected chi connectivity index (χ2v) is 22.6. The van der Waals surface area contributed by atoms with Crippen LogP contribution in [0.1, 0.15) is 59.9 Å². The Hall–Kier alpha value is -2.23. The van der Waals surface area contributed by atoms with Gasteiger partial charge in [-0.15, -0.1) is 0 Å². The lowest BCUT2D eigenvalue weighted by molar-refractivity contribution is 0.0298. The summed E-state index contributed by atoms with van der Waals surface area (Å²) in [5.41, 5.74) is 1.12. The highest BCUT2D eigenvalue weighted by Crippen LogP contribution is 2.39. The fourth-order valence-corrected chi connectivity index (χ4v) is 10.8. The van der Waals surface area contributed by atoms with E-state index in [9.17, 15) is 0 Å². The molecule has 41 heavy (non-hydrogen) atoms. The van der Waals surface area contributed by atoms with Crippen molar-refractivity contribution in [1.82, 2.24) is 0 Å². The molecule has 3 aromatic rings. The van der Waals surface area contributed by atoms with E-state index in [1.54, 1.807) is 7.11 Å². The molecule has 0 fully saturated rings. The highest BCUT2D eigenvalue weighted by Gasteiger charge is 2.51. The van der Waals surface area contributed by atoms with E-state index in [1.807, 2.05) is 12.1 Å². The van der Waals surface area contributed by atoms with Crippen LogP contribution in [0.15, 0.2) is 84.9 Å². The Bertz CT molecular complexity index is 1130. The van der Waals surface area contributed by atoms with E-state index >= 15 is 0 Å². The monoisotopic (exact) mass is 592 g/mol. The SMILES string of the molecule is COc1ccc(COC[C@H](CCCO[Si](C)(C)C(C)(C)C)O[Si](c2ccccc2)(c2ccccc2)C(C)(C)C)cc1. The van der Waals surface area contributed by atoms with E-state index < -0.39 is 16.6 Å². The van der Waals surface area contributed by atoms with Crippen LogP contribution in [-0.4, -0.2) is 43.1 Å². The Labute approximate surface area is 251 Å². The lowest BCUT2D eigenvalue weighted by Gasteiger charge is -2.45. The molecule has 224 valence electrons. The topological polar surface area (TPSA) is 36.9 Å². The third-order valence-electron chi connectivity index (χ3n) is 8.43. The van der Waals surface area contributed by atoms with Gasteiger partial charge < -0.3 is 18.3 Å². The smallest absolute Gasteiger partial charge is 0.261 e. The highest BCUT2D eigenvalue weighted by molar-refractivity contribution is 6.99. The maximum atomic E-state index is 7.50. The summed E-state index contributed by atoms with van der Waals surface area (Å²) in [4.78, 5) is 0. The van der Waals surface area contributed by atoms with Crippen molar-refractivity contribution in [2.75, 3.05) is 20.3 Å². The van der Waals surface area contributed by atoms with E-state index in [-0.39, 0.29) is 16.2 Å². The summed E-state index contributed by atoms with van der Waals surface area (Å²) >= 11 is 0. The van der Waals surface area contributed by atoms with E-state index in [4.69, 9.17) is 18.3 Å². The van der Waals surface area contributed by atoms with Gasteiger partial charge in [0.25, 0.3) is 8.32 Å². The molecule has 0 aliphatic heterocycles. The number of hydrogen-bond donors (Lipinski definition) is 0. The maximum Gasteiger partial charge on any atom is 0.261 e. The molecule has 0 N–H and O–H groups in total. The van der Waals surface area contributed by atoms with Crippen LogP contribution in [0.5, 0.6) is 5.75 Å². The van der Waals surface area contributed by atoms with E-state index in [2.05, 4.69) is 127 Å². The van der Waals surface area contributed by atoms with Crippen molar-refractivity contribution < 1.29 is 18.3 Å². The van der Waals surface area contributed by atoms with Crippen LogP contribution >= 0.6 is 0 Å². The summed E-state index contributed by atoms with van der Waals surface area (Å²) < 4.78 is 25.7. The summed E-state index contributed by atoms with van der Waals surface area (Å²) in [5.74, 6) is 0.850. The molecule has 0 unspecified atom stereocenters. The predicted molar refractivity (Wildman–Crippen MR) is 178 cm³/mol. The molecule has 0 aliphatic carbocycles. The maximum absolute atomic E-state index is 7.50. The van der Waals surface area contributed by atoms with E-state index in [1.165, 1.54) is 10.4 Å². The zero-order valence-electron chi connectivity index (χ0n) is 26.8. The Kier molecular flexibility index (Phi) is 11.6. The number of benzene rings is 3. The molecule has 0 bridgehead atoms. The van der Waals surface area contributed by atoms with Gasteiger partial charge >= 0.3 is 0 Å². The van der Waals surface area contributed by atoms with Crippen LogP contribution in [0.2, 0.25) is 23.2 Å². The van der Waals surface area contributed by atoms with Crippen molar-refractivity contribution in [3.63, 3.8) is 0 Å². The van der Waals surface area contributed by atoms with Crippen molar-refractivity contribution >= 4 is 27.0 Å². The van der Waals surface area contributed by atoms with Crippen LogP contribution in [0.3, 0.4) is 0 Å². The first-order valence-electron chi connectivity index (χ1n) is 14.9. The second-order valence-electron chi connectivity index (χ2n) is 13.5. The molecular weight excluding hydrogens is 541 g/mol. The van der Waals surface area contributed by atoms with Crippen molar-refractivity contribution in [2.45, 2.75) is 90.3 Å². The fraction of sp³-hybridized carbons (Fsp3) is 0.486. The van der Waals surface area contributed by atoms with Crippen molar-refractivity contribution in [3.05, 3.63) is 90.5 Å². The van der Waals surface area contributed by atoms with Gasteiger partial charge in [0.2, 0.25) is 0 Å². The predicted octanol–water partition coefficient (Wildman–Crippen LogP) is 7.96. The zero-order chi connectivity index (χ0) is 30.2. The van der Waals surface area contributed by atoms with E-state index in [0.717, 1.165) is 30.8 Å². The summed E-state index contributed by atoms with van der Waals surface area (Å²) in [6, 6.07) is 29.8. The van der Waals surface area contributed by atoms with Gasteiger partial charge in [-0.1, -0.05) is 114 Å². The van der Waals surface area contributed by atoms with Crippen molar-refractivity contribution in [2.24, 2.45) is 0 Å². The first-order chi connectivity index (χ1) is 19.3. The van der Waals surface area contributed by atoms with Gasteiger partial charge in [-0.2, -0.15) is 0 Å². The lowest BCUT2D eigenvalue weighted by Crippen LogP contribution is -2.68. The molecule has 3 aromatic carbocycles. The normalized spacial score (nSPS) is 13.7. The van der Waals surface area contributed by atoms with Crippen molar-refractivity contribution in [3.8, 4) is 5.75 Å². The first kappa shape index (κ1) is 33.3. The minimum atomic E-state index is -2.71. The van der Waals surface area contributed by atoms with Crippen LogP contribution in [-0.2, 0) is 20.2 Å². The van der Waals surface area contributed by atoms with Gasteiger partial charge in [0.05, 0.1) is 26.4 Å². The largest absolute Gasteiger partial charge is 0.497 e. The molecule has 0 aliphatic rings. The Morgan fingerprint density at radius 3 is 1.71 bits per heavy atom. The van der Waals surface area contributed by atoms with Crippen LogP contribution in [0.4, 0.5) is 0 Å². The standard InChI is InChI=1S/C35H52O4Si2/c1-34(2,3)40(8,9)38-26-16-17-31(28-37-27-29-22-24-30(36-7)25-23-29)39-41(35(4,5)6,32-18-12-10-13-19-32)33-20-14-11-15-21-33/h10-15,18-25,31H,16-17,26-28H2,1-9H3/t31-/m0/s1. The fourth-order valence-electron chi connectivity index (χ4n) is 5.00. The van der Waals surface area contributed by atoms with Crippen molar-refractivity contribution in [1.29, 1.82) is 0 Å². The lowest BCUT2D eigenvalue weighted by atomic mass is 10.2. The molecular formula is C35H52O4Si2. The highest BCUT2D eigenvalue weighted by atomic mass is 28.4. The summed E-state index contributed by atoms with van der Waals surface area (Å²) in [6.45, 7) is 20.3. The second kappa shape index (κ2) is 14.3. The molecule has 0 heterocycles. The number of hydrogen-bond acceptors (Lipinski definition) is 4. The Morgan fingerprint density at radius 1 is 0.707 bits per heavy atom. The Morgan fingerprint density at radius 2 is 1.24 bits per heavy atom. The molecule has 0 saturated heterocycles. The average molecular weight is 593 g/mol. The average Bonchev–Trinajstić information content (AvgIpc) is 2.93. The summed E-state index contributed by atoms with van der Waals surface area (Å²) in [5, 5.41) is 2.67. The number of rotatable bonds is 14. The van der Waals surface area contributed by atoms with Crippen LogP contribution < -0.4 is 15.1 Å². The van der Waals surface area contributed by atoms with Gasteiger partial charge in [-0.05, 0) is 64.1 Å². The molecule has 1 atom stereocenters. The molecule has 0 spiro atoms. The summed E-state index contributed by atoms with van der Waals surface area (Å²) in [7, 11) is -2.83. The first-order valence-corrected chi connectivity index (χ1v) is 19.8. The molecule has 0 saturated carbocycles. The zero-order valence-corrected chi connectivity index (χ0v) is 28.8. The van der Waals surface area contributed by atoms with Crippen LogP contribution in [0.25, 0.3) is 0 Å². The summed E-state index contributed by atoms with van der Waals surface area (Å²) in [6.07, 6.45) is 1.74. The van der Waals surface area contributed by atoms with Gasteiger partial charge in [0, 0.05) is 6.61 Å². The number of ether oxygens (including phenoxy) is 2. The quantitative estimate of drug-likeness (QED) is 0.141. The van der Waals surface area contributed by atoms with Gasteiger partial charge in [0.15, 0.2) is 8.32 Å². The Balaban J connectivity index is 1.88. The molecule has 0 radical (unpaired) electrons. The molecule has 6 heteroatoms. The third kappa shape index (κ3) is 8.65. The minimum absolute atomic E-state index is 0.0671.